The summed E-state index contributed by atoms with van der Waals surface area (Å²) < 4.78 is 9.47. The summed E-state index contributed by atoms with van der Waals surface area (Å²) in [6.07, 6.45) is 1.08. The monoisotopic (exact) mass is 322 g/mol. The second-order valence-electron chi connectivity index (χ2n) is 4.21. The van der Waals surface area contributed by atoms with Crippen molar-refractivity contribution in [2.75, 3.05) is 14.2 Å². The average Bonchev–Trinajstić information content (AvgIpc) is 2.86. The molecule has 2 N–H and O–H groups in total. The Morgan fingerprint density at radius 3 is 2.55 bits per heavy atom. The molecular weight excluding hydrogens is 308 g/mol. The molecule has 1 aromatic carbocycles. The van der Waals surface area contributed by atoms with Crippen LogP contribution in [0.4, 0.5) is 0 Å². The summed E-state index contributed by atoms with van der Waals surface area (Å²) >= 11 is 1.04. The number of benzene rings is 1. The van der Waals surface area contributed by atoms with Crippen LogP contribution >= 0.6 is 11.8 Å². The molecule has 0 bridgehead atoms. The van der Waals surface area contributed by atoms with Crippen molar-refractivity contribution in [3.05, 3.63) is 40.8 Å². The number of hydrogen-bond donors (Lipinski definition) is 2. The predicted octanol–water partition coefficient (Wildman–Crippen LogP) is 0.628. The number of thioether (sulfide) groups is 1. The summed E-state index contributed by atoms with van der Waals surface area (Å²) in [6.45, 7) is 0. The summed E-state index contributed by atoms with van der Waals surface area (Å²) in [5.41, 5.74) is -0.209. The van der Waals surface area contributed by atoms with Crippen LogP contribution in [-0.4, -0.2) is 37.5 Å². The molecule has 1 saturated heterocycles. The van der Waals surface area contributed by atoms with E-state index in [4.69, 9.17) is 4.74 Å². The van der Waals surface area contributed by atoms with E-state index in [-0.39, 0.29) is 10.8 Å². The number of nitrogens with one attached hydrogen (secondary N) is 2. The van der Waals surface area contributed by atoms with E-state index in [2.05, 4.69) is 15.4 Å². The van der Waals surface area contributed by atoms with Crippen LogP contribution in [0.3, 0.4) is 0 Å². The lowest BCUT2D eigenvalue weighted by Crippen LogP contribution is -2.41. The predicted molar refractivity (Wildman–Crippen MR) is 80.1 cm³/mol. The maximum Gasteiger partial charge on any atom is 0.331 e. The van der Waals surface area contributed by atoms with E-state index in [1.807, 2.05) is 0 Å². The van der Waals surface area contributed by atoms with Crippen molar-refractivity contribution in [2.45, 2.75) is 5.50 Å². The molecule has 0 radical (unpaired) electrons. The quantitative estimate of drug-likeness (QED) is 0.624. The minimum atomic E-state index is -0.641. The first-order valence-electron chi connectivity index (χ1n) is 6.25. The fourth-order valence-electron chi connectivity index (χ4n) is 1.68. The number of carbonyl (C=O) groups excluding carboxylic acids is 3. The van der Waals surface area contributed by atoms with Gasteiger partial charge in [0.15, 0.2) is 5.50 Å². The maximum absolute atomic E-state index is 12.1. The molecule has 0 saturated carbocycles. The molecule has 0 aliphatic carbocycles. The Kier molecular flexibility index (Phi) is 5.05. The third-order valence-corrected chi connectivity index (χ3v) is 3.82. The minimum Gasteiger partial charge on any atom is -0.497 e. The average molecular weight is 322 g/mol. The Bertz CT molecular complexity index is 627. The molecule has 1 aliphatic rings. The van der Waals surface area contributed by atoms with Crippen LogP contribution in [0.25, 0.3) is 0 Å². The van der Waals surface area contributed by atoms with Gasteiger partial charge < -0.3 is 20.1 Å². The van der Waals surface area contributed by atoms with Crippen LogP contribution in [0.15, 0.2) is 35.2 Å². The van der Waals surface area contributed by atoms with Gasteiger partial charge >= 0.3 is 5.97 Å². The lowest BCUT2D eigenvalue weighted by Gasteiger charge is -2.11. The van der Waals surface area contributed by atoms with Crippen molar-refractivity contribution in [3.63, 3.8) is 0 Å². The van der Waals surface area contributed by atoms with Crippen molar-refractivity contribution in [2.24, 2.45) is 0 Å². The highest BCUT2D eigenvalue weighted by atomic mass is 32.2. The van der Waals surface area contributed by atoms with Gasteiger partial charge in [-0.1, -0.05) is 11.8 Å². The summed E-state index contributed by atoms with van der Waals surface area (Å²) in [6, 6.07) is 6.55. The van der Waals surface area contributed by atoms with Gasteiger partial charge in [0.25, 0.3) is 11.8 Å². The molecule has 1 fully saturated rings. The van der Waals surface area contributed by atoms with Gasteiger partial charge in [0.2, 0.25) is 0 Å². The van der Waals surface area contributed by atoms with E-state index in [0.717, 1.165) is 17.8 Å². The lowest BCUT2D eigenvalue weighted by atomic mass is 10.2. The Hall–Kier alpha value is -2.48. The summed E-state index contributed by atoms with van der Waals surface area (Å²) in [5.74, 6) is -0.765. The minimum absolute atomic E-state index is 0.187. The van der Waals surface area contributed by atoms with E-state index in [0.29, 0.717) is 11.3 Å². The number of ether oxygens (including phenoxy) is 2. The number of amides is 2. The fraction of sp³-hybridized carbons (Fsp3) is 0.214. The molecule has 1 atom stereocenters. The summed E-state index contributed by atoms with van der Waals surface area (Å²) in [7, 11) is 2.76. The third kappa shape index (κ3) is 3.79. The van der Waals surface area contributed by atoms with Crippen LogP contribution in [0.1, 0.15) is 10.4 Å². The molecule has 1 unspecified atom stereocenters. The SMILES string of the molecule is COC(=O)/C=C1\SC(NC(=O)c2ccc(OC)cc2)NC1=O. The van der Waals surface area contributed by atoms with Crippen LogP contribution in [0.5, 0.6) is 5.75 Å². The topological polar surface area (TPSA) is 93.7 Å². The van der Waals surface area contributed by atoms with E-state index in [1.165, 1.54) is 14.2 Å². The molecule has 2 amide bonds. The van der Waals surface area contributed by atoms with Gasteiger partial charge in [-0.05, 0) is 24.3 Å². The van der Waals surface area contributed by atoms with Gasteiger partial charge in [-0.25, -0.2) is 4.79 Å². The molecule has 0 aromatic heterocycles. The second kappa shape index (κ2) is 6.99. The van der Waals surface area contributed by atoms with E-state index in [1.54, 1.807) is 24.3 Å². The van der Waals surface area contributed by atoms with Gasteiger partial charge in [0.05, 0.1) is 19.1 Å². The summed E-state index contributed by atoms with van der Waals surface area (Å²) in [5, 5.41) is 5.19. The zero-order valence-electron chi connectivity index (χ0n) is 11.9. The number of esters is 1. The number of carbonyl (C=O) groups is 3. The molecule has 2 rings (SSSR count). The van der Waals surface area contributed by atoms with Gasteiger partial charge in [-0.3, -0.25) is 9.59 Å². The van der Waals surface area contributed by atoms with Gasteiger partial charge in [0.1, 0.15) is 5.75 Å². The number of hydrogen-bond acceptors (Lipinski definition) is 6. The Morgan fingerprint density at radius 1 is 1.27 bits per heavy atom. The molecule has 1 heterocycles. The highest BCUT2D eigenvalue weighted by Crippen LogP contribution is 2.26. The Morgan fingerprint density at radius 2 is 1.95 bits per heavy atom. The first-order valence-corrected chi connectivity index (χ1v) is 7.13. The molecule has 116 valence electrons. The molecule has 8 heteroatoms. The highest BCUT2D eigenvalue weighted by molar-refractivity contribution is 8.05. The second-order valence-corrected chi connectivity index (χ2v) is 5.35. The normalized spacial score (nSPS) is 18.7. The lowest BCUT2D eigenvalue weighted by molar-refractivity contribution is -0.135. The van der Waals surface area contributed by atoms with E-state index in [9.17, 15) is 14.4 Å². The Labute approximate surface area is 131 Å². The molecule has 0 spiro atoms. The van der Waals surface area contributed by atoms with Gasteiger partial charge in [0, 0.05) is 11.6 Å². The first kappa shape index (κ1) is 15.9. The van der Waals surface area contributed by atoms with Crippen LogP contribution in [0.2, 0.25) is 0 Å². The van der Waals surface area contributed by atoms with Crippen molar-refractivity contribution < 1.29 is 23.9 Å². The zero-order chi connectivity index (χ0) is 16.1. The van der Waals surface area contributed by atoms with Crippen molar-refractivity contribution in [3.8, 4) is 5.75 Å². The molecule has 7 nitrogen and oxygen atoms in total. The third-order valence-electron chi connectivity index (χ3n) is 2.80. The van der Waals surface area contributed by atoms with Crippen molar-refractivity contribution in [1.29, 1.82) is 0 Å². The van der Waals surface area contributed by atoms with E-state index < -0.39 is 17.4 Å². The standard InChI is InChI=1S/C14H14N2O5S/c1-20-9-5-3-8(4-6-9)12(18)15-14-16-13(19)10(22-14)7-11(17)21-2/h3-7,14H,1-2H3,(H,15,18)(H,16,19)/b10-7-. The van der Waals surface area contributed by atoms with Crippen LogP contribution in [0, 0.1) is 0 Å². The van der Waals surface area contributed by atoms with E-state index >= 15 is 0 Å². The first-order chi connectivity index (χ1) is 10.5. The Balaban J connectivity index is 1.99. The number of rotatable bonds is 4. The molecular formula is C14H14N2O5S. The number of methoxy groups -OCH3 is 2. The van der Waals surface area contributed by atoms with Crippen LogP contribution in [-0.2, 0) is 14.3 Å². The fourth-order valence-corrected chi connectivity index (χ4v) is 2.59. The van der Waals surface area contributed by atoms with Gasteiger partial charge in [-0.15, -0.1) is 0 Å². The summed E-state index contributed by atoms with van der Waals surface area (Å²) in [4.78, 5) is 35.0. The van der Waals surface area contributed by atoms with Gasteiger partial charge in [-0.2, -0.15) is 0 Å². The molecule has 22 heavy (non-hydrogen) atoms. The van der Waals surface area contributed by atoms with Crippen molar-refractivity contribution in [1.82, 2.24) is 10.6 Å². The molecule has 1 aliphatic heterocycles. The smallest absolute Gasteiger partial charge is 0.331 e. The molecule has 1 aromatic rings. The van der Waals surface area contributed by atoms with Crippen LogP contribution < -0.4 is 15.4 Å². The largest absolute Gasteiger partial charge is 0.497 e. The van der Waals surface area contributed by atoms with Crippen molar-refractivity contribution >= 4 is 29.5 Å². The maximum atomic E-state index is 12.1. The zero-order valence-corrected chi connectivity index (χ0v) is 12.7. The highest BCUT2D eigenvalue weighted by Gasteiger charge is 2.29.